The molecule has 0 saturated carbocycles. The maximum atomic E-state index is 3.97. The highest BCUT2D eigenvalue weighted by Gasteiger charge is 2.25. The maximum absolute atomic E-state index is 3.97. The van der Waals surface area contributed by atoms with E-state index in [0.29, 0.717) is 0 Å². The molecule has 0 aliphatic heterocycles. The lowest BCUT2D eigenvalue weighted by Gasteiger charge is -2.27. The summed E-state index contributed by atoms with van der Waals surface area (Å²) in [5.74, 6) is 0. The lowest BCUT2D eigenvalue weighted by Crippen LogP contribution is -2.16. The second-order valence-corrected chi connectivity index (χ2v) is 10.8. The van der Waals surface area contributed by atoms with E-state index in [9.17, 15) is 0 Å². The van der Waals surface area contributed by atoms with Crippen LogP contribution in [0.2, 0.25) is 0 Å². The number of alkyl halides is 1. The molecule has 1 aromatic heterocycles. The molecule has 1 aliphatic carbocycles. The Hall–Kier alpha value is -3.36. The van der Waals surface area contributed by atoms with Crippen molar-refractivity contribution in [2.45, 2.75) is 17.7 Å². The monoisotopic (exact) mass is 489 g/mol. The van der Waals surface area contributed by atoms with Gasteiger partial charge in [-0.2, -0.15) is 0 Å². The van der Waals surface area contributed by atoms with Crippen LogP contribution in [-0.4, -0.2) is 8.89 Å². The average Bonchev–Trinajstić information content (AvgIpc) is 3.18. The summed E-state index contributed by atoms with van der Waals surface area (Å²) < 4.78 is 2.30. The largest absolute Gasteiger partial charge is 0.309 e. The van der Waals surface area contributed by atoms with Gasteiger partial charge in [0, 0.05) is 20.8 Å². The predicted molar refractivity (Wildman–Crippen MR) is 145 cm³/mol. The number of aromatic nitrogens is 1. The summed E-state index contributed by atoms with van der Waals surface area (Å²) in [6.07, 6.45) is 5.68. The van der Waals surface area contributed by atoms with Crippen molar-refractivity contribution in [2.24, 2.45) is 0 Å². The third-order valence-corrected chi connectivity index (χ3v) is 7.00. The van der Waals surface area contributed by atoms with E-state index < -0.39 is 0 Å². The molecule has 1 aliphatic rings. The number of benzene rings is 4. The molecule has 6 rings (SSSR count). The van der Waals surface area contributed by atoms with Crippen molar-refractivity contribution in [1.82, 2.24) is 4.57 Å². The van der Waals surface area contributed by atoms with E-state index in [-0.39, 0.29) is 4.32 Å². The van der Waals surface area contributed by atoms with E-state index in [0.717, 1.165) is 6.42 Å². The Balaban J connectivity index is 1.58. The van der Waals surface area contributed by atoms with E-state index in [1.54, 1.807) is 0 Å². The number of hydrogen-bond donors (Lipinski definition) is 0. The first-order valence-corrected chi connectivity index (χ1v) is 12.2. The Kier molecular flexibility index (Phi) is 4.85. The van der Waals surface area contributed by atoms with Gasteiger partial charge in [-0.25, -0.2) is 0 Å². The molecule has 0 N–H and O–H groups in total. The van der Waals surface area contributed by atoms with Crippen LogP contribution in [0.25, 0.3) is 38.6 Å². The van der Waals surface area contributed by atoms with Crippen LogP contribution in [0.1, 0.15) is 24.5 Å². The van der Waals surface area contributed by atoms with Gasteiger partial charge >= 0.3 is 0 Å². The zero-order chi connectivity index (χ0) is 22.4. The van der Waals surface area contributed by atoms with Crippen molar-refractivity contribution in [1.29, 1.82) is 0 Å². The Morgan fingerprint density at radius 1 is 0.697 bits per heavy atom. The van der Waals surface area contributed by atoms with Crippen molar-refractivity contribution in [3.05, 3.63) is 126 Å². The fourth-order valence-corrected chi connectivity index (χ4v) is 5.59. The van der Waals surface area contributed by atoms with Crippen molar-refractivity contribution in [3.63, 3.8) is 0 Å². The first-order chi connectivity index (χ1) is 16.1. The normalized spacial score (nSPS) is 18.4. The molecule has 1 heterocycles. The molecule has 0 spiro atoms. The molecule has 0 radical (unpaired) electrons. The van der Waals surface area contributed by atoms with Gasteiger partial charge in [-0.05, 0) is 59.9 Å². The second kappa shape index (κ2) is 7.90. The van der Waals surface area contributed by atoms with E-state index >= 15 is 0 Å². The van der Waals surface area contributed by atoms with Gasteiger partial charge in [0.25, 0.3) is 0 Å². The van der Waals surface area contributed by atoms with Crippen LogP contribution in [0.4, 0.5) is 0 Å². The van der Waals surface area contributed by atoms with E-state index in [2.05, 4.69) is 143 Å². The summed E-state index contributed by atoms with van der Waals surface area (Å²) in [7, 11) is 0. The number of halogens is 1. The van der Waals surface area contributed by atoms with Crippen LogP contribution in [-0.2, 0) is 0 Å². The van der Waals surface area contributed by atoms with Crippen molar-refractivity contribution in [3.8, 4) is 5.69 Å². The summed E-state index contributed by atoms with van der Waals surface area (Å²) in [5.41, 5.74) is 8.79. The second-order valence-electron chi connectivity index (χ2n) is 9.01. The van der Waals surface area contributed by atoms with Crippen molar-refractivity contribution < 1.29 is 0 Å². The molecule has 2 heteroatoms. The summed E-state index contributed by atoms with van der Waals surface area (Å²) in [4.78, 5) is 0. The Bertz CT molecular complexity index is 1540. The summed E-state index contributed by atoms with van der Waals surface area (Å²) in [5, 5.41) is 2.56. The van der Waals surface area contributed by atoms with Crippen LogP contribution in [0.5, 0.6) is 0 Å². The third kappa shape index (κ3) is 3.65. The van der Waals surface area contributed by atoms with Crippen LogP contribution in [0.15, 0.2) is 115 Å². The van der Waals surface area contributed by atoms with Crippen LogP contribution < -0.4 is 0 Å². The predicted octanol–water partition coefficient (Wildman–Crippen LogP) is 8.81. The summed E-state index contributed by atoms with van der Waals surface area (Å²) in [6, 6.07) is 36.9. The molecule has 1 nitrogen and oxygen atoms in total. The standard InChI is InChI=1S/C31H24BrN/c1-31(32)20-24(22-10-4-2-5-11-22)18-25(21-31)23-16-17-28-27-14-8-9-15-29(27)33(30(28)19-23)26-12-6-3-7-13-26/h2-19,21H,20H2,1H3. The minimum absolute atomic E-state index is 0.0800. The van der Waals surface area contributed by atoms with Gasteiger partial charge in [0.1, 0.15) is 0 Å². The molecule has 1 unspecified atom stereocenters. The van der Waals surface area contributed by atoms with Gasteiger partial charge in [-0.1, -0.05) is 107 Å². The molecule has 1 atom stereocenters. The fourth-order valence-electron chi connectivity index (χ4n) is 5.04. The minimum Gasteiger partial charge on any atom is -0.309 e. The fraction of sp³-hybridized carbons (Fsp3) is 0.0968. The molecule has 4 aromatic carbocycles. The molecule has 33 heavy (non-hydrogen) atoms. The maximum Gasteiger partial charge on any atom is 0.0547 e. The molecule has 0 saturated heterocycles. The Morgan fingerprint density at radius 3 is 2.15 bits per heavy atom. The molecular formula is C31H24BrN. The minimum atomic E-state index is -0.0800. The first kappa shape index (κ1) is 20.3. The van der Waals surface area contributed by atoms with Gasteiger partial charge < -0.3 is 4.57 Å². The van der Waals surface area contributed by atoms with E-state index in [1.807, 2.05) is 0 Å². The highest BCUT2D eigenvalue weighted by molar-refractivity contribution is 9.10. The zero-order valence-electron chi connectivity index (χ0n) is 18.5. The number of fused-ring (bicyclic) bond motifs is 3. The number of para-hydroxylation sites is 2. The lowest BCUT2D eigenvalue weighted by molar-refractivity contribution is 0.832. The molecule has 5 aromatic rings. The van der Waals surface area contributed by atoms with Gasteiger partial charge in [0.05, 0.1) is 11.0 Å². The molecule has 0 bridgehead atoms. The average molecular weight is 490 g/mol. The SMILES string of the molecule is CC1(Br)C=C(c2ccc3c4ccccc4n(-c4ccccc4)c3c2)C=C(c2ccccc2)C1. The number of rotatable bonds is 3. The van der Waals surface area contributed by atoms with Gasteiger partial charge in [-0.15, -0.1) is 0 Å². The number of hydrogen-bond acceptors (Lipinski definition) is 0. The molecule has 160 valence electrons. The van der Waals surface area contributed by atoms with Gasteiger partial charge in [0.2, 0.25) is 0 Å². The quantitative estimate of drug-likeness (QED) is 0.223. The number of nitrogens with zero attached hydrogens (tertiary/aromatic N) is 1. The topological polar surface area (TPSA) is 4.93 Å². The Morgan fingerprint density at radius 2 is 1.36 bits per heavy atom. The Labute approximate surface area is 202 Å². The smallest absolute Gasteiger partial charge is 0.0547 e. The molecule has 0 fully saturated rings. The van der Waals surface area contributed by atoms with Crippen LogP contribution in [0.3, 0.4) is 0 Å². The lowest BCUT2D eigenvalue weighted by atomic mass is 9.85. The molecular weight excluding hydrogens is 466 g/mol. The van der Waals surface area contributed by atoms with Crippen LogP contribution >= 0.6 is 15.9 Å². The van der Waals surface area contributed by atoms with Crippen molar-refractivity contribution >= 4 is 48.9 Å². The third-order valence-electron chi connectivity index (χ3n) is 6.49. The number of allylic oxidation sites excluding steroid dienone is 4. The van der Waals surface area contributed by atoms with Crippen molar-refractivity contribution in [2.75, 3.05) is 0 Å². The molecule has 0 amide bonds. The van der Waals surface area contributed by atoms with Crippen LogP contribution in [0, 0.1) is 0 Å². The summed E-state index contributed by atoms with van der Waals surface area (Å²) >= 11 is 3.97. The summed E-state index contributed by atoms with van der Waals surface area (Å²) in [6.45, 7) is 2.25. The highest BCUT2D eigenvalue weighted by Crippen LogP contribution is 2.42. The van der Waals surface area contributed by atoms with E-state index in [4.69, 9.17) is 0 Å². The van der Waals surface area contributed by atoms with Gasteiger partial charge in [0.15, 0.2) is 0 Å². The van der Waals surface area contributed by atoms with E-state index in [1.165, 1.54) is 49.8 Å². The highest BCUT2D eigenvalue weighted by atomic mass is 79.9. The first-order valence-electron chi connectivity index (χ1n) is 11.4. The van der Waals surface area contributed by atoms with Gasteiger partial charge in [-0.3, -0.25) is 0 Å². The zero-order valence-corrected chi connectivity index (χ0v) is 20.1.